The lowest BCUT2D eigenvalue weighted by atomic mass is 10.3. The van der Waals surface area contributed by atoms with Gasteiger partial charge < -0.3 is 0 Å². The SMILES string of the molecule is C1CC[SiH](C2=NCCS2)CC1. The molecule has 1 fully saturated rings. The molecule has 1 nitrogen and oxygen atoms in total. The van der Waals surface area contributed by atoms with Gasteiger partial charge in [0.1, 0.15) is 8.80 Å². The van der Waals surface area contributed by atoms with Crippen LogP contribution in [-0.2, 0) is 0 Å². The molecular weight excluding hydrogens is 170 g/mol. The highest BCUT2D eigenvalue weighted by atomic mass is 32.2. The largest absolute Gasteiger partial charge is 0.287 e. The van der Waals surface area contributed by atoms with Crippen molar-refractivity contribution in [1.29, 1.82) is 0 Å². The van der Waals surface area contributed by atoms with Gasteiger partial charge in [-0.05, 0) is 0 Å². The van der Waals surface area contributed by atoms with E-state index < -0.39 is 8.80 Å². The molecule has 0 spiro atoms. The second kappa shape index (κ2) is 3.76. The van der Waals surface area contributed by atoms with Gasteiger partial charge in [-0.1, -0.05) is 31.4 Å². The average molecular weight is 185 g/mol. The number of hydrogen-bond acceptors (Lipinski definition) is 2. The van der Waals surface area contributed by atoms with E-state index in [1.165, 1.54) is 25.0 Å². The summed E-state index contributed by atoms with van der Waals surface area (Å²) in [5, 5.41) is 0. The maximum Gasteiger partial charge on any atom is 0.102 e. The van der Waals surface area contributed by atoms with Gasteiger partial charge >= 0.3 is 0 Å². The smallest absolute Gasteiger partial charge is 0.102 e. The van der Waals surface area contributed by atoms with Crippen LogP contribution in [-0.4, -0.2) is 25.8 Å². The van der Waals surface area contributed by atoms with Crippen molar-refractivity contribution in [2.75, 3.05) is 12.3 Å². The van der Waals surface area contributed by atoms with Gasteiger partial charge in [-0.3, -0.25) is 4.99 Å². The molecule has 0 atom stereocenters. The van der Waals surface area contributed by atoms with E-state index in [1.54, 1.807) is 16.8 Å². The highest BCUT2D eigenvalue weighted by molar-refractivity contribution is 8.17. The standard InChI is InChI=1S/C8H15NSSi/c1-2-6-11(7-3-1)8-9-4-5-10-8/h11H,1-7H2. The van der Waals surface area contributed by atoms with Gasteiger partial charge in [0.25, 0.3) is 0 Å². The Hall–Kier alpha value is 0.237. The zero-order chi connectivity index (χ0) is 7.52. The number of nitrogens with zero attached hydrogens (tertiary/aromatic N) is 1. The first kappa shape index (κ1) is 7.86. The molecule has 0 bridgehead atoms. The Balaban J connectivity index is 1.92. The second-order valence-electron chi connectivity index (χ2n) is 3.40. The van der Waals surface area contributed by atoms with Crippen LogP contribution in [0.2, 0.25) is 12.1 Å². The molecule has 1 saturated heterocycles. The van der Waals surface area contributed by atoms with Crippen LogP contribution in [0.5, 0.6) is 0 Å². The fourth-order valence-electron chi connectivity index (χ4n) is 1.95. The zero-order valence-corrected chi connectivity index (χ0v) is 8.85. The average Bonchev–Trinajstić information content (AvgIpc) is 2.58. The molecule has 0 aromatic rings. The van der Waals surface area contributed by atoms with Gasteiger partial charge in [-0.2, -0.15) is 0 Å². The molecule has 0 aliphatic carbocycles. The van der Waals surface area contributed by atoms with E-state index >= 15 is 0 Å². The highest BCUT2D eigenvalue weighted by Crippen LogP contribution is 2.25. The summed E-state index contributed by atoms with van der Waals surface area (Å²) in [4.78, 5) is 4.60. The lowest BCUT2D eigenvalue weighted by Gasteiger charge is -2.19. The fourth-order valence-corrected chi connectivity index (χ4v) is 7.26. The topological polar surface area (TPSA) is 12.4 Å². The van der Waals surface area contributed by atoms with Crippen LogP contribution < -0.4 is 0 Å². The monoisotopic (exact) mass is 185 g/mol. The zero-order valence-electron chi connectivity index (χ0n) is 6.88. The molecule has 0 aromatic carbocycles. The molecule has 0 unspecified atom stereocenters. The van der Waals surface area contributed by atoms with Gasteiger partial charge in [-0.25, -0.2) is 0 Å². The summed E-state index contributed by atoms with van der Waals surface area (Å²) in [6.45, 7) is 1.11. The predicted octanol–water partition coefficient (Wildman–Crippen LogP) is 2.08. The van der Waals surface area contributed by atoms with Gasteiger partial charge in [0.05, 0.1) is 0 Å². The molecule has 2 aliphatic heterocycles. The summed E-state index contributed by atoms with van der Waals surface area (Å²) in [5.74, 6) is 1.28. The maximum atomic E-state index is 4.60. The molecule has 0 saturated carbocycles. The quantitative estimate of drug-likeness (QED) is 0.570. The van der Waals surface area contributed by atoms with E-state index in [0.29, 0.717) is 0 Å². The predicted molar refractivity (Wildman–Crippen MR) is 55.4 cm³/mol. The fraction of sp³-hybridized carbons (Fsp3) is 0.875. The first-order valence-corrected chi connectivity index (χ1v) is 7.83. The molecular formula is C8H15NSSi. The molecule has 11 heavy (non-hydrogen) atoms. The summed E-state index contributed by atoms with van der Waals surface area (Å²) in [6, 6.07) is 3.09. The molecule has 2 heterocycles. The molecule has 62 valence electrons. The molecule has 2 aliphatic rings. The summed E-state index contributed by atoms with van der Waals surface area (Å²) in [6.07, 6.45) is 4.48. The van der Waals surface area contributed by atoms with Crippen LogP contribution in [0.1, 0.15) is 19.3 Å². The molecule has 0 radical (unpaired) electrons. The lowest BCUT2D eigenvalue weighted by molar-refractivity contribution is 0.729. The van der Waals surface area contributed by atoms with E-state index in [-0.39, 0.29) is 0 Å². The summed E-state index contributed by atoms with van der Waals surface area (Å²) in [7, 11) is -0.466. The van der Waals surface area contributed by atoms with Crippen LogP contribution in [0, 0.1) is 0 Å². The Kier molecular flexibility index (Phi) is 2.69. The van der Waals surface area contributed by atoms with Gasteiger partial charge in [0, 0.05) is 17.0 Å². The van der Waals surface area contributed by atoms with Crippen molar-refractivity contribution in [2.45, 2.75) is 31.4 Å². The van der Waals surface area contributed by atoms with Crippen molar-refractivity contribution in [2.24, 2.45) is 4.99 Å². The Morgan fingerprint density at radius 1 is 1.18 bits per heavy atom. The number of thioether (sulfide) groups is 1. The normalized spacial score (nSPS) is 27.1. The Bertz CT molecular complexity index is 163. The van der Waals surface area contributed by atoms with Crippen molar-refractivity contribution in [3.05, 3.63) is 0 Å². The van der Waals surface area contributed by atoms with E-state index in [0.717, 1.165) is 6.54 Å². The molecule has 2 rings (SSSR count). The Morgan fingerprint density at radius 3 is 2.64 bits per heavy atom. The minimum absolute atomic E-state index is 0.466. The van der Waals surface area contributed by atoms with Crippen molar-refractivity contribution in [1.82, 2.24) is 0 Å². The van der Waals surface area contributed by atoms with E-state index in [4.69, 9.17) is 0 Å². The van der Waals surface area contributed by atoms with Crippen molar-refractivity contribution < 1.29 is 0 Å². The van der Waals surface area contributed by atoms with E-state index in [1.807, 2.05) is 0 Å². The van der Waals surface area contributed by atoms with Crippen molar-refractivity contribution in [3.8, 4) is 0 Å². The van der Waals surface area contributed by atoms with Crippen LogP contribution in [0.25, 0.3) is 0 Å². The molecule has 3 heteroatoms. The van der Waals surface area contributed by atoms with Gasteiger partial charge in [-0.15, -0.1) is 11.8 Å². The van der Waals surface area contributed by atoms with Gasteiger partial charge in [0.15, 0.2) is 0 Å². The molecule has 0 amide bonds. The minimum atomic E-state index is -0.466. The van der Waals surface area contributed by atoms with Crippen LogP contribution in [0.3, 0.4) is 0 Å². The lowest BCUT2D eigenvalue weighted by Crippen LogP contribution is -2.24. The highest BCUT2D eigenvalue weighted by Gasteiger charge is 2.22. The third-order valence-corrected chi connectivity index (χ3v) is 7.97. The maximum absolute atomic E-state index is 4.60. The number of aliphatic imine (C=N–C) groups is 1. The number of hydrogen-bond donors (Lipinski definition) is 0. The van der Waals surface area contributed by atoms with Crippen LogP contribution in [0.15, 0.2) is 4.99 Å². The Labute approximate surface area is 74.3 Å². The van der Waals surface area contributed by atoms with E-state index in [9.17, 15) is 0 Å². The van der Waals surface area contributed by atoms with Crippen LogP contribution in [0.4, 0.5) is 0 Å². The molecule has 0 N–H and O–H groups in total. The summed E-state index contributed by atoms with van der Waals surface area (Å²) in [5.41, 5.74) is 0. The summed E-state index contributed by atoms with van der Waals surface area (Å²) < 4.78 is 1.62. The van der Waals surface area contributed by atoms with Crippen molar-refractivity contribution in [3.63, 3.8) is 0 Å². The number of rotatable bonds is 1. The Morgan fingerprint density at radius 2 is 2.00 bits per heavy atom. The molecule has 0 aromatic heterocycles. The van der Waals surface area contributed by atoms with Crippen molar-refractivity contribution >= 4 is 25.2 Å². The first-order valence-electron chi connectivity index (χ1n) is 4.64. The minimum Gasteiger partial charge on any atom is -0.287 e. The third-order valence-electron chi connectivity index (χ3n) is 2.56. The second-order valence-corrected chi connectivity index (χ2v) is 8.03. The van der Waals surface area contributed by atoms with Gasteiger partial charge in [0.2, 0.25) is 0 Å². The van der Waals surface area contributed by atoms with E-state index in [2.05, 4.69) is 16.8 Å². The third kappa shape index (κ3) is 1.88. The van der Waals surface area contributed by atoms with Crippen LogP contribution >= 0.6 is 11.8 Å². The summed E-state index contributed by atoms with van der Waals surface area (Å²) >= 11 is 2.06. The first-order chi connectivity index (χ1) is 5.47.